The van der Waals surface area contributed by atoms with Crippen molar-refractivity contribution in [1.29, 1.82) is 0 Å². The van der Waals surface area contributed by atoms with E-state index < -0.39 is 15.5 Å². The van der Waals surface area contributed by atoms with Gasteiger partial charge in [-0.3, -0.25) is 0 Å². The molecule has 154 valence electrons. The second-order valence-electron chi connectivity index (χ2n) is 8.65. The number of rotatable bonds is 8. The van der Waals surface area contributed by atoms with Crippen molar-refractivity contribution >= 4 is 27.7 Å². The fourth-order valence-corrected chi connectivity index (χ4v) is 5.92. The molecule has 1 N–H and O–H groups in total. The molecule has 2 heterocycles. The summed E-state index contributed by atoms with van der Waals surface area (Å²) in [5.74, 6) is 0. The Bertz CT molecular complexity index is 459. The maximum absolute atomic E-state index is 10.5. The van der Waals surface area contributed by atoms with Gasteiger partial charge < -0.3 is 13.9 Å². The highest BCUT2D eigenvalue weighted by Crippen LogP contribution is 2.63. The van der Waals surface area contributed by atoms with E-state index in [0.717, 1.165) is 19.3 Å². The molecule has 9 heteroatoms. The number of hydrogen-bond donors (Lipinski definition) is 2. The summed E-state index contributed by atoms with van der Waals surface area (Å²) in [7, 11) is -5.10. The predicted molar refractivity (Wildman–Crippen MR) is 110 cm³/mol. The molecule has 2 aliphatic heterocycles. The van der Waals surface area contributed by atoms with Crippen molar-refractivity contribution in [2.24, 2.45) is 0 Å². The van der Waals surface area contributed by atoms with Gasteiger partial charge in [-0.15, -0.1) is 0 Å². The van der Waals surface area contributed by atoms with Gasteiger partial charge in [0.15, 0.2) is 8.32 Å². The molecular weight excluding hydrogens is 391 g/mol. The van der Waals surface area contributed by atoms with Crippen molar-refractivity contribution in [2.75, 3.05) is 19.8 Å². The molecule has 2 rings (SSSR count). The molecule has 1 unspecified atom stereocenters. The Morgan fingerprint density at radius 3 is 2.27 bits per heavy atom. The lowest BCUT2D eigenvalue weighted by Gasteiger charge is -2.39. The molecule has 0 aromatic carbocycles. The highest BCUT2D eigenvalue weighted by Gasteiger charge is 2.47. The van der Waals surface area contributed by atoms with Gasteiger partial charge in [0.05, 0.1) is 24.5 Å². The molecule has 0 aromatic heterocycles. The van der Waals surface area contributed by atoms with Crippen LogP contribution in [0.25, 0.3) is 0 Å². The molecule has 0 aromatic rings. The van der Waals surface area contributed by atoms with E-state index in [2.05, 4.69) is 46.1 Å². The van der Waals surface area contributed by atoms with Crippen molar-refractivity contribution < 1.29 is 27.8 Å². The minimum absolute atomic E-state index is 0.00493. The van der Waals surface area contributed by atoms with E-state index in [9.17, 15) is 4.89 Å². The summed E-state index contributed by atoms with van der Waals surface area (Å²) in [4.78, 5) is 10.5. The monoisotopic (exact) mass is 427 g/mol. The van der Waals surface area contributed by atoms with Crippen molar-refractivity contribution in [2.45, 2.75) is 89.5 Å². The first-order valence-corrected chi connectivity index (χ1v) is 15.2. The Morgan fingerprint density at radius 2 is 1.69 bits per heavy atom. The second-order valence-corrected chi connectivity index (χ2v) is 16.4. The van der Waals surface area contributed by atoms with Gasteiger partial charge in [0.25, 0.3) is 0 Å². The molecule has 6 nitrogen and oxygen atoms in total. The van der Waals surface area contributed by atoms with Crippen LogP contribution in [0.1, 0.15) is 47.0 Å². The number of ether oxygens (including phenoxy) is 2. The smallest absolute Gasteiger partial charge is 0.411 e. The van der Waals surface area contributed by atoms with Crippen LogP contribution in [0.15, 0.2) is 0 Å². The summed E-state index contributed by atoms with van der Waals surface area (Å²) in [6, 6.07) is 0. The number of hydrogen-bond acceptors (Lipinski definition) is 7. The van der Waals surface area contributed by atoms with Gasteiger partial charge in [-0.25, -0.2) is 0 Å². The molecular formula is C17H36O6PSSi+. The molecule has 0 bridgehead atoms. The third-order valence-electron chi connectivity index (χ3n) is 5.63. The van der Waals surface area contributed by atoms with Gasteiger partial charge in [-0.1, -0.05) is 27.7 Å². The highest BCUT2D eigenvalue weighted by atomic mass is 32.7. The first-order chi connectivity index (χ1) is 12.0. The van der Waals surface area contributed by atoms with Gasteiger partial charge in [0.2, 0.25) is 0 Å². The van der Waals surface area contributed by atoms with Crippen LogP contribution in [0.3, 0.4) is 0 Å². The lowest BCUT2D eigenvalue weighted by Crippen LogP contribution is -2.46. The summed E-state index contributed by atoms with van der Waals surface area (Å²) in [6.45, 7) is 14.7. The minimum Gasteiger partial charge on any atom is -0.411 e. The Morgan fingerprint density at radius 1 is 1.12 bits per heavy atom. The van der Waals surface area contributed by atoms with Gasteiger partial charge in [-0.2, -0.15) is 13.9 Å². The SMILES string of the molecule is CC[C@H]1OCC[C@H]1O[P+](O)(S)OC[C@H]1OCC[C@H]1O[Si](C)(C)C(C)(C)C. The second kappa shape index (κ2) is 9.05. The summed E-state index contributed by atoms with van der Waals surface area (Å²) in [6.07, 6.45) is 2.05. The Kier molecular flexibility index (Phi) is 8.02. The van der Waals surface area contributed by atoms with Crippen LogP contribution >= 0.6 is 19.4 Å². The molecule has 0 radical (unpaired) electrons. The highest BCUT2D eigenvalue weighted by molar-refractivity contribution is 8.47. The lowest BCUT2D eigenvalue weighted by molar-refractivity contribution is 0.000670. The topological polar surface area (TPSA) is 66.4 Å². The Balaban J connectivity index is 1.87. The van der Waals surface area contributed by atoms with E-state index in [4.69, 9.17) is 22.9 Å². The molecule has 2 aliphatic rings. The zero-order chi connectivity index (χ0) is 19.6. The van der Waals surface area contributed by atoms with E-state index >= 15 is 0 Å². The first-order valence-electron chi connectivity index (χ1n) is 9.53. The third kappa shape index (κ3) is 6.13. The maximum Gasteiger partial charge on any atom is 0.475 e. The Labute approximate surface area is 165 Å². The Hall–Kier alpha value is 0.757. The molecule has 26 heavy (non-hydrogen) atoms. The quantitative estimate of drug-likeness (QED) is 0.341. The summed E-state index contributed by atoms with van der Waals surface area (Å²) in [5, 5.41) is 0.138. The largest absolute Gasteiger partial charge is 0.475 e. The van der Waals surface area contributed by atoms with E-state index in [1.165, 1.54) is 0 Å². The fraction of sp³-hybridized carbons (Fsp3) is 1.00. The molecule has 5 atom stereocenters. The fourth-order valence-electron chi connectivity index (χ4n) is 2.98. The van der Waals surface area contributed by atoms with Crippen LogP contribution in [0.2, 0.25) is 18.1 Å². The standard InChI is InChI=1S/C17H36O6PSSi/c1-7-13-14(8-10-19-13)22-24(18,25)21-12-16-15(9-11-20-16)23-26(5,6)17(2,3)4/h13-16,18,25H,7-12H2,1-6H3/q+1/t13-,14-,15-,16-,24?/m1/s1. The zero-order valence-corrected chi connectivity index (χ0v) is 19.7. The van der Waals surface area contributed by atoms with Crippen molar-refractivity contribution in [3.63, 3.8) is 0 Å². The summed E-state index contributed by atoms with van der Waals surface area (Å²) < 4.78 is 29.3. The first kappa shape index (κ1) is 23.0. The molecule has 2 saturated heterocycles. The molecule has 0 amide bonds. The molecule has 0 aliphatic carbocycles. The lowest BCUT2D eigenvalue weighted by atomic mass is 10.1. The van der Waals surface area contributed by atoms with Crippen LogP contribution in [0.5, 0.6) is 0 Å². The van der Waals surface area contributed by atoms with Crippen LogP contribution in [-0.4, -0.2) is 57.4 Å². The average molecular weight is 428 g/mol. The van der Waals surface area contributed by atoms with Crippen molar-refractivity contribution in [3.05, 3.63) is 0 Å². The average Bonchev–Trinajstić information content (AvgIpc) is 3.12. The van der Waals surface area contributed by atoms with Gasteiger partial charge in [0, 0.05) is 19.6 Å². The van der Waals surface area contributed by atoms with Gasteiger partial charge >= 0.3 is 7.15 Å². The van der Waals surface area contributed by atoms with Crippen LogP contribution < -0.4 is 0 Å². The summed E-state index contributed by atoms with van der Waals surface area (Å²) >= 11 is 4.25. The molecule has 0 saturated carbocycles. The molecule has 0 spiro atoms. The van der Waals surface area contributed by atoms with Crippen molar-refractivity contribution in [1.82, 2.24) is 0 Å². The van der Waals surface area contributed by atoms with Crippen LogP contribution in [-0.2, 0) is 22.9 Å². The third-order valence-corrected chi connectivity index (χ3v) is 11.8. The van der Waals surface area contributed by atoms with Gasteiger partial charge in [0.1, 0.15) is 18.8 Å². The van der Waals surface area contributed by atoms with Gasteiger partial charge in [-0.05, 0) is 31.0 Å². The predicted octanol–water partition coefficient (Wildman–Crippen LogP) is 4.37. The van der Waals surface area contributed by atoms with E-state index in [1.54, 1.807) is 0 Å². The van der Waals surface area contributed by atoms with E-state index in [-0.39, 0.29) is 36.1 Å². The number of thiol groups is 1. The minimum atomic E-state index is -3.21. The van der Waals surface area contributed by atoms with Crippen LogP contribution in [0, 0.1) is 0 Å². The van der Waals surface area contributed by atoms with E-state index in [1.807, 2.05) is 6.92 Å². The maximum atomic E-state index is 10.5. The van der Waals surface area contributed by atoms with Crippen molar-refractivity contribution in [3.8, 4) is 0 Å². The zero-order valence-electron chi connectivity index (χ0n) is 16.9. The molecule has 2 fully saturated rings. The summed E-state index contributed by atoms with van der Waals surface area (Å²) in [5.41, 5.74) is 0. The van der Waals surface area contributed by atoms with Crippen LogP contribution in [0.4, 0.5) is 0 Å². The van der Waals surface area contributed by atoms with E-state index in [0.29, 0.717) is 13.2 Å². The normalized spacial score (nSPS) is 32.8.